The number of hydrogen-bond acceptors (Lipinski definition) is 4. The minimum atomic E-state index is -0.851. The fourth-order valence-electron chi connectivity index (χ4n) is 4.55. The molecule has 0 bridgehead atoms. The molecule has 34 heavy (non-hydrogen) atoms. The number of anilines is 1. The topological polar surface area (TPSA) is 68.8 Å². The van der Waals surface area contributed by atoms with Crippen LogP contribution in [0, 0.1) is 0 Å². The van der Waals surface area contributed by atoms with E-state index in [4.69, 9.17) is 16.3 Å². The zero-order valence-electron chi connectivity index (χ0n) is 18.7. The molecule has 0 saturated carbocycles. The van der Waals surface area contributed by atoms with Crippen LogP contribution in [-0.4, -0.2) is 47.1 Å². The van der Waals surface area contributed by atoms with Crippen molar-refractivity contribution in [1.29, 1.82) is 0 Å². The van der Waals surface area contributed by atoms with Crippen LogP contribution in [0.5, 0.6) is 5.75 Å². The lowest BCUT2D eigenvalue weighted by molar-refractivity contribution is -0.143. The number of aromatic amines is 1. The van der Waals surface area contributed by atoms with Gasteiger partial charge in [-0.15, -0.1) is 0 Å². The zero-order valence-corrected chi connectivity index (χ0v) is 19.4. The van der Waals surface area contributed by atoms with Crippen LogP contribution in [0.3, 0.4) is 0 Å². The number of benzene rings is 3. The van der Waals surface area contributed by atoms with Crippen molar-refractivity contribution in [1.82, 2.24) is 9.88 Å². The van der Waals surface area contributed by atoms with Gasteiger partial charge in [0.25, 0.3) is 0 Å². The molecule has 1 aliphatic rings. The first-order valence-corrected chi connectivity index (χ1v) is 11.7. The first-order chi connectivity index (χ1) is 16.6. The Balaban J connectivity index is 1.34. The van der Waals surface area contributed by atoms with Gasteiger partial charge in [0.2, 0.25) is 0 Å². The van der Waals surface area contributed by atoms with Gasteiger partial charge in [-0.05, 0) is 48.0 Å². The second-order valence-electron chi connectivity index (χ2n) is 8.47. The molecule has 4 aromatic rings. The number of fused-ring (bicyclic) bond motifs is 1. The number of nitrogens with one attached hydrogen (secondary N) is 1. The third kappa shape index (κ3) is 4.74. The number of aromatic nitrogens is 1. The number of carboxylic acid groups (broad SMARTS) is 1. The fourth-order valence-corrected chi connectivity index (χ4v) is 4.68. The highest BCUT2D eigenvalue weighted by Crippen LogP contribution is 2.32. The highest BCUT2D eigenvalue weighted by atomic mass is 35.5. The second kappa shape index (κ2) is 9.79. The molecule has 7 heteroatoms. The number of H-pyrrole nitrogens is 1. The summed E-state index contributed by atoms with van der Waals surface area (Å²) in [5.41, 5.74) is 3.84. The van der Waals surface area contributed by atoms with E-state index in [0.717, 1.165) is 40.8 Å². The zero-order chi connectivity index (χ0) is 23.5. The van der Waals surface area contributed by atoms with Crippen LogP contribution in [0.15, 0.2) is 79.0 Å². The lowest BCUT2D eigenvalue weighted by Gasteiger charge is -2.38. The quantitative estimate of drug-likeness (QED) is 0.377. The maximum Gasteiger partial charge on any atom is 0.325 e. The summed E-state index contributed by atoms with van der Waals surface area (Å²) in [4.78, 5) is 19.9. The number of carboxylic acids is 1. The molecular weight excluding hydrogens is 450 g/mol. The summed E-state index contributed by atoms with van der Waals surface area (Å²) >= 11 is 6.01. The van der Waals surface area contributed by atoms with Crippen LogP contribution in [0.1, 0.15) is 17.2 Å². The lowest BCUT2D eigenvalue weighted by atomic mass is 10.0. The van der Waals surface area contributed by atoms with Crippen LogP contribution in [0.25, 0.3) is 10.9 Å². The standard InChI is InChI=1S/C27H26ClN3O3/c28-20-6-8-21(9-7-20)30-12-14-31(15-13-30)26(27(32)33)24-17-29-25-11-10-22(16-23(24)25)34-18-19-4-2-1-3-5-19/h1-11,16-17,26,29H,12-15,18H2,(H,32,33)/t26-/m1/s1. The van der Waals surface area contributed by atoms with Gasteiger partial charge in [-0.2, -0.15) is 0 Å². The maximum atomic E-state index is 12.4. The molecule has 1 atom stereocenters. The van der Waals surface area contributed by atoms with Gasteiger partial charge in [0.15, 0.2) is 0 Å². The maximum absolute atomic E-state index is 12.4. The first kappa shape index (κ1) is 22.3. The molecule has 5 rings (SSSR count). The molecule has 6 nitrogen and oxygen atoms in total. The van der Waals surface area contributed by atoms with Crippen LogP contribution in [0.2, 0.25) is 5.02 Å². The van der Waals surface area contributed by atoms with Crippen molar-refractivity contribution >= 4 is 34.2 Å². The number of halogens is 1. The minimum Gasteiger partial charge on any atom is -0.489 e. The van der Waals surface area contributed by atoms with E-state index in [1.807, 2.05) is 83.9 Å². The van der Waals surface area contributed by atoms with Gasteiger partial charge in [-0.1, -0.05) is 41.9 Å². The van der Waals surface area contributed by atoms with Crippen LogP contribution >= 0.6 is 11.6 Å². The predicted molar refractivity (Wildman–Crippen MR) is 135 cm³/mol. The average molecular weight is 476 g/mol. The molecule has 0 spiro atoms. The smallest absolute Gasteiger partial charge is 0.325 e. The molecule has 0 radical (unpaired) electrons. The molecule has 1 saturated heterocycles. The molecule has 174 valence electrons. The molecule has 1 aliphatic heterocycles. The van der Waals surface area contributed by atoms with E-state index in [0.29, 0.717) is 30.5 Å². The number of hydrogen-bond donors (Lipinski definition) is 2. The molecule has 0 amide bonds. The number of aliphatic carboxylic acids is 1. The van der Waals surface area contributed by atoms with Gasteiger partial charge < -0.3 is 19.7 Å². The molecule has 0 aliphatic carbocycles. The minimum absolute atomic E-state index is 0.459. The van der Waals surface area contributed by atoms with Crippen molar-refractivity contribution in [3.8, 4) is 5.75 Å². The summed E-state index contributed by atoms with van der Waals surface area (Å²) in [6.07, 6.45) is 1.82. The van der Waals surface area contributed by atoms with Gasteiger partial charge in [0, 0.05) is 59.6 Å². The molecule has 3 aromatic carbocycles. The summed E-state index contributed by atoms with van der Waals surface area (Å²) in [5.74, 6) is -0.134. The summed E-state index contributed by atoms with van der Waals surface area (Å²) in [6, 6.07) is 22.8. The Kier molecular flexibility index (Phi) is 6.43. The van der Waals surface area contributed by atoms with E-state index in [-0.39, 0.29) is 0 Å². The highest BCUT2D eigenvalue weighted by molar-refractivity contribution is 6.30. The number of rotatable bonds is 7. The van der Waals surface area contributed by atoms with Crippen LogP contribution in [0.4, 0.5) is 5.69 Å². The molecule has 1 fully saturated rings. The summed E-state index contributed by atoms with van der Waals surface area (Å²) < 4.78 is 5.99. The average Bonchev–Trinajstić information content (AvgIpc) is 3.27. The predicted octanol–water partition coefficient (Wildman–Crippen LogP) is 5.35. The third-order valence-electron chi connectivity index (χ3n) is 6.33. The van der Waals surface area contributed by atoms with Gasteiger partial charge in [-0.25, -0.2) is 0 Å². The van der Waals surface area contributed by atoms with Gasteiger partial charge in [0.05, 0.1) is 0 Å². The second-order valence-corrected chi connectivity index (χ2v) is 8.90. The van der Waals surface area contributed by atoms with E-state index in [1.165, 1.54) is 0 Å². The van der Waals surface area contributed by atoms with Crippen molar-refractivity contribution in [2.75, 3.05) is 31.1 Å². The Hall–Kier alpha value is -3.48. The summed E-state index contributed by atoms with van der Waals surface area (Å²) in [6.45, 7) is 3.26. The van der Waals surface area contributed by atoms with Crippen molar-refractivity contribution in [2.24, 2.45) is 0 Å². The van der Waals surface area contributed by atoms with E-state index >= 15 is 0 Å². The molecule has 0 unspecified atom stereocenters. The fraction of sp³-hybridized carbons (Fsp3) is 0.222. The number of piperazine rings is 1. The number of ether oxygens (including phenoxy) is 1. The third-order valence-corrected chi connectivity index (χ3v) is 6.59. The Bertz CT molecular complexity index is 1270. The Morgan fingerprint density at radius 3 is 2.44 bits per heavy atom. The first-order valence-electron chi connectivity index (χ1n) is 11.3. The number of nitrogens with zero attached hydrogens (tertiary/aromatic N) is 2. The van der Waals surface area contributed by atoms with Crippen molar-refractivity contribution in [2.45, 2.75) is 12.6 Å². The molecule has 1 aromatic heterocycles. The molecular formula is C27H26ClN3O3. The van der Waals surface area contributed by atoms with E-state index in [9.17, 15) is 9.90 Å². The normalized spacial score (nSPS) is 15.4. The van der Waals surface area contributed by atoms with E-state index in [2.05, 4.69) is 9.88 Å². The Labute approximate surface area is 203 Å². The number of carbonyl (C=O) groups is 1. The molecule has 2 N–H and O–H groups in total. The summed E-state index contributed by atoms with van der Waals surface area (Å²) in [7, 11) is 0. The van der Waals surface area contributed by atoms with Gasteiger partial charge >= 0.3 is 5.97 Å². The van der Waals surface area contributed by atoms with Gasteiger partial charge in [0.1, 0.15) is 18.4 Å². The largest absolute Gasteiger partial charge is 0.489 e. The Morgan fingerprint density at radius 1 is 1.00 bits per heavy atom. The highest BCUT2D eigenvalue weighted by Gasteiger charge is 2.32. The summed E-state index contributed by atoms with van der Waals surface area (Å²) in [5, 5.41) is 11.8. The van der Waals surface area contributed by atoms with Crippen LogP contribution < -0.4 is 9.64 Å². The monoisotopic (exact) mass is 475 g/mol. The van der Waals surface area contributed by atoms with Crippen molar-refractivity contribution in [3.05, 3.63) is 95.1 Å². The van der Waals surface area contributed by atoms with Crippen LogP contribution in [-0.2, 0) is 11.4 Å². The van der Waals surface area contributed by atoms with E-state index < -0.39 is 12.0 Å². The van der Waals surface area contributed by atoms with Crippen molar-refractivity contribution in [3.63, 3.8) is 0 Å². The van der Waals surface area contributed by atoms with Crippen molar-refractivity contribution < 1.29 is 14.6 Å². The lowest BCUT2D eigenvalue weighted by Crippen LogP contribution is -2.49. The van der Waals surface area contributed by atoms with E-state index in [1.54, 1.807) is 0 Å². The Morgan fingerprint density at radius 2 is 1.74 bits per heavy atom. The SMILES string of the molecule is O=C(O)[C@@H](c1c[nH]c2ccc(OCc3ccccc3)cc12)N1CCN(c2ccc(Cl)cc2)CC1. The van der Waals surface area contributed by atoms with Gasteiger partial charge in [-0.3, -0.25) is 9.69 Å². The molecule has 2 heterocycles.